The van der Waals surface area contributed by atoms with Crippen molar-refractivity contribution in [3.8, 4) is 0 Å². The molecule has 1 rings (SSSR count). The first kappa shape index (κ1) is 9.48. The molecule has 1 N–H and O–H groups in total. The monoisotopic (exact) mass is 177 g/mol. The number of hydrogen-bond acceptors (Lipinski definition) is 2. The molecular weight excluding hydrogens is 166 g/mol. The van der Waals surface area contributed by atoms with Crippen molar-refractivity contribution in [2.24, 2.45) is 0 Å². The largest absolute Gasteiger partial charge is 0.277 e. The highest BCUT2D eigenvalue weighted by atomic mass is 16.6. The average molecular weight is 177 g/mol. The lowest BCUT2D eigenvalue weighted by Crippen LogP contribution is -2.22. The molecule has 0 saturated carbocycles. The van der Waals surface area contributed by atoms with Crippen LogP contribution in [-0.2, 0) is 4.84 Å². The van der Waals surface area contributed by atoms with Crippen LogP contribution in [0.15, 0.2) is 30.8 Å². The van der Waals surface area contributed by atoms with Gasteiger partial charge < -0.3 is 0 Å². The third-order valence-electron chi connectivity index (χ3n) is 1.62. The van der Waals surface area contributed by atoms with E-state index in [-0.39, 0.29) is 5.91 Å². The molecule has 0 saturated heterocycles. The number of hydroxylamine groups is 1. The van der Waals surface area contributed by atoms with Gasteiger partial charge in [0.05, 0.1) is 7.11 Å². The summed E-state index contributed by atoms with van der Waals surface area (Å²) in [5.74, 6) is -0.266. The number of amides is 1. The van der Waals surface area contributed by atoms with Crippen molar-refractivity contribution in [3.05, 3.63) is 42.0 Å². The van der Waals surface area contributed by atoms with E-state index in [0.29, 0.717) is 5.56 Å². The van der Waals surface area contributed by atoms with E-state index < -0.39 is 0 Å². The average Bonchev–Trinajstić information content (AvgIpc) is 2.18. The summed E-state index contributed by atoms with van der Waals surface area (Å²) in [4.78, 5) is 15.9. The normalized spacial score (nSPS) is 9.31. The number of nitrogens with one attached hydrogen (secondary N) is 1. The first-order chi connectivity index (χ1) is 6.29. The summed E-state index contributed by atoms with van der Waals surface area (Å²) in [5, 5.41) is 0. The minimum atomic E-state index is -0.266. The van der Waals surface area contributed by atoms with Gasteiger partial charge in [-0.1, -0.05) is 30.9 Å². The summed E-state index contributed by atoms with van der Waals surface area (Å²) in [7, 11) is 1.40. The van der Waals surface area contributed by atoms with Crippen molar-refractivity contribution >= 4 is 12.0 Å². The van der Waals surface area contributed by atoms with E-state index in [1.165, 1.54) is 7.11 Å². The molecular formula is C10H11NO2. The van der Waals surface area contributed by atoms with Gasteiger partial charge in [0.15, 0.2) is 0 Å². The summed E-state index contributed by atoms with van der Waals surface area (Å²) in [5.41, 5.74) is 3.59. The van der Waals surface area contributed by atoms with Gasteiger partial charge in [-0.3, -0.25) is 9.63 Å². The van der Waals surface area contributed by atoms with E-state index in [9.17, 15) is 4.79 Å². The fourth-order valence-electron chi connectivity index (χ4n) is 1.03. The second kappa shape index (κ2) is 4.42. The Balaban J connectivity index is 2.98. The van der Waals surface area contributed by atoms with Gasteiger partial charge >= 0.3 is 0 Å². The first-order valence-electron chi connectivity index (χ1n) is 3.84. The lowest BCUT2D eigenvalue weighted by molar-refractivity contribution is 0.0537. The highest BCUT2D eigenvalue weighted by Crippen LogP contribution is 2.09. The molecule has 3 heteroatoms. The molecule has 0 bridgehead atoms. The Bertz CT molecular complexity index is 320. The lowest BCUT2D eigenvalue weighted by Gasteiger charge is -2.04. The summed E-state index contributed by atoms with van der Waals surface area (Å²) in [6.45, 7) is 3.61. The number of benzene rings is 1. The molecule has 0 atom stereocenters. The van der Waals surface area contributed by atoms with Crippen LogP contribution in [0.5, 0.6) is 0 Å². The van der Waals surface area contributed by atoms with E-state index in [4.69, 9.17) is 0 Å². The van der Waals surface area contributed by atoms with Gasteiger partial charge in [-0.25, -0.2) is 5.48 Å². The Labute approximate surface area is 77.0 Å². The standard InChI is InChI=1S/C10H11NO2/c1-3-8-6-4-5-7-9(8)10(12)11-13-2/h3-7H,1H2,2H3,(H,11,12). The third kappa shape index (κ3) is 2.16. The van der Waals surface area contributed by atoms with E-state index >= 15 is 0 Å². The number of rotatable bonds is 3. The van der Waals surface area contributed by atoms with Gasteiger partial charge in [0.1, 0.15) is 0 Å². The van der Waals surface area contributed by atoms with Crippen LogP contribution in [-0.4, -0.2) is 13.0 Å². The van der Waals surface area contributed by atoms with Crippen molar-refractivity contribution in [2.45, 2.75) is 0 Å². The molecule has 0 unspecified atom stereocenters. The zero-order valence-electron chi connectivity index (χ0n) is 7.41. The molecule has 0 fully saturated rings. The minimum absolute atomic E-state index is 0.266. The zero-order chi connectivity index (χ0) is 9.68. The highest BCUT2D eigenvalue weighted by Gasteiger charge is 2.07. The van der Waals surface area contributed by atoms with E-state index in [1.807, 2.05) is 12.1 Å². The molecule has 1 aromatic rings. The van der Waals surface area contributed by atoms with Gasteiger partial charge in [-0.05, 0) is 11.6 Å². The maximum Gasteiger partial charge on any atom is 0.275 e. The van der Waals surface area contributed by atoms with Crippen molar-refractivity contribution in [1.29, 1.82) is 0 Å². The molecule has 13 heavy (non-hydrogen) atoms. The predicted octanol–water partition coefficient (Wildman–Crippen LogP) is 1.62. The fourth-order valence-corrected chi connectivity index (χ4v) is 1.03. The molecule has 0 heterocycles. The molecule has 0 aliphatic heterocycles. The number of carbonyl (C=O) groups is 1. The Morgan fingerprint density at radius 3 is 2.85 bits per heavy atom. The van der Waals surface area contributed by atoms with Gasteiger partial charge in [0, 0.05) is 5.56 Å². The van der Waals surface area contributed by atoms with Gasteiger partial charge in [-0.15, -0.1) is 0 Å². The Morgan fingerprint density at radius 1 is 1.54 bits per heavy atom. The van der Waals surface area contributed by atoms with Gasteiger partial charge in [0.25, 0.3) is 5.91 Å². The van der Waals surface area contributed by atoms with Crippen molar-refractivity contribution < 1.29 is 9.63 Å². The fraction of sp³-hybridized carbons (Fsp3) is 0.100. The minimum Gasteiger partial charge on any atom is -0.277 e. The van der Waals surface area contributed by atoms with Crippen molar-refractivity contribution in [1.82, 2.24) is 5.48 Å². The van der Waals surface area contributed by atoms with Crippen LogP contribution in [0.3, 0.4) is 0 Å². The van der Waals surface area contributed by atoms with Gasteiger partial charge in [-0.2, -0.15) is 0 Å². The van der Waals surface area contributed by atoms with Crippen LogP contribution < -0.4 is 5.48 Å². The third-order valence-corrected chi connectivity index (χ3v) is 1.62. The quantitative estimate of drug-likeness (QED) is 0.712. The molecule has 3 nitrogen and oxygen atoms in total. The smallest absolute Gasteiger partial charge is 0.275 e. The molecule has 68 valence electrons. The second-order valence-corrected chi connectivity index (χ2v) is 2.43. The number of hydrogen-bond donors (Lipinski definition) is 1. The number of carbonyl (C=O) groups excluding carboxylic acids is 1. The molecule has 0 aliphatic carbocycles. The molecule has 0 radical (unpaired) electrons. The lowest BCUT2D eigenvalue weighted by atomic mass is 10.1. The molecule has 0 aromatic heterocycles. The van der Waals surface area contributed by atoms with Crippen LogP contribution in [0.2, 0.25) is 0 Å². The SMILES string of the molecule is C=Cc1ccccc1C(=O)NOC. The van der Waals surface area contributed by atoms with Crippen LogP contribution in [0.25, 0.3) is 6.08 Å². The van der Waals surface area contributed by atoms with Crippen LogP contribution >= 0.6 is 0 Å². The molecule has 0 aliphatic rings. The topological polar surface area (TPSA) is 38.3 Å². The molecule has 0 spiro atoms. The maximum absolute atomic E-state index is 11.3. The summed E-state index contributed by atoms with van der Waals surface area (Å²) < 4.78 is 0. The van der Waals surface area contributed by atoms with Crippen LogP contribution in [0, 0.1) is 0 Å². The zero-order valence-corrected chi connectivity index (χ0v) is 7.41. The van der Waals surface area contributed by atoms with Crippen molar-refractivity contribution in [3.63, 3.8) is 0 Å². The van der Waals surface area contributed by atoms with Gasteiger partial charge in [0.2, 0.25) is 0 Å². The summed E-state index contributed by atoms with van der Waals surface area (Å²) in [6, 6.07) is 7.17. The van der Waals surface area contributed by atoms with Crippen LogP contribution in [0.1, 0.15) is 15.9 Å². The molecule has 1 aromatic carbocycles. The highest BCUT2D eigenvalue weighted by molar-refractivity contribution is 5.96. The Hall–Kier alpha value is -1.61. The summed E-state index contributed by atoms with van der Waals surface area (Å²) >= 11 is 0. The van der Waals surface area contributed by atoms with E-state index in [1.54, 1.807) is 18.2 Å². The van der Waals surface area contributed by atoms with Crippen molar-refractivity contribution in [2.75, 3.05) is 7.11 Å². The van der Waals surface area contributed by atoms with Crippen LogP contribution in [0.4, 0.5) is 0 Å². The second-order valence-electron chi connectivity index (χ2n) is 2.43. The summed E-state index contributed by atoms with van der Waals surface area (Å²) in [6.07, 6.45) is 1.63. The van der Waals surface area contributed by atoms with E-state index in [2.05, 4.69) is 16.9 Å². The Kier molecular flexibility index (Phi) is 3.23. The van der Waals surface area contributed by atoms with E-state index in [0.717, 1.165) is 5.56 Å². The predicted molar refractivity (Wildman–Crippen MR) is 51.0 cm³/mol. The Morgan fingerprint density at radius 2 is 2.23 bits per heavy atom. The molecule has 1 amide bonds. The maximum atomic E-state index is 11.3. The first-order valence-corrected chi connectivity index (χ1v) is 3.84.